The van der Waals surface area contributed by atoms with Crippen LogP contribution in [0.25, 0.3) is 0 Å². The van der Waals surface area contributed by atoms with E-state index in [9.17, 15) is 9.50 Å². The topological polar surface area (TPSA) is 29.5 Å². The number of benzene rings is 2. The smallest absolute Gasteiger partial charge is 0.131 e. The number of hydrogen-bond acceptors (Lipinski definition) is 2. The highest BCUT2D eigenvalue weighted by Crippen LogP contribution is 2.42. The fourth-order valence-electron chi connectivity index (χ4n) is 2.37. The Morgan fingerprint density at radius 1 is 1.05 bits per heavy atom. The van der Waals surface area contributed by atoms with Gasteiger partial charge >= 0.3 is 0 Å². The molecule has 0 aliphatic carbocycles. The van der Waals surface area contributed by atoms with Gasteiger partial charge in [0.05, 0.1) is 6.10 Å². The number of aliphatic hydroxyl groups excluding tert-OH is 1. The summed E-state index contributed by atoms with van der Waals surface area (Å²) in [6.07, 6.45) is -0.799. The number of hydrogen-bond donors (Lipinski definition) is 1. The Morgan fingerprint density at radius 3 is 2.40 bits per heavy atom. The van der Waals surface area contributed by atoms with Gasteiger partial charge in [-0.2, -0.15) is 0 Å². The predicted molar refractivity (Wildman–Crippen MR) is 81.2 cm³/mol. The molecule has 2 atom stereocenters. The molecule has 3 rings (SSSR count). The van der Waals surface area contributed by atoms with E-state index in [1.165, 1.54) is 6.07 Å². The first kappa shape index (κ1) is 14.0. The molecule has 5 heteroatoms. The van der Waals surface area contributed by atoms with E-state index in [1.807, 2.05) is 12.1 Å². The second-order valence-corrected chi connectivity index (χ2v) is 6.54. The van der Waals surface area contributed by atoms with Crippen LogP contribution in [0.2, 0.25) is 0 Å². The average molecular weight is 402 g/mol. The maximum absolute atomic E-state index is 14.0. The Balaban J connectivity index is 1.98. The molecule has 0 saturated carbocycles. The van der Waals surface area contributed by atoms with Crippen LogP contribution >= 0.6 is 31.9 Å². The molecule has 104 valence electrons. The van der Waals surface area contributed by atoms with Crippen molar-refractivity contribution in [3.63, 3.8) is 0 Å². The zero-order valence-electron chi connectivity index (χ0n) is 10.3. The number of ether oxygens (including phenoxy) is 1. The molecule has 2 nitrogen and oxygen atoms in total. The highest BCUT2D eigenvalue weighted by molar-refractivity contribution is 9.10. The van der Waals surface area contributed by atoms with Gasteiger partial charge in [-0.15, -0.1) is 0 Å². The zero-order chi connectivity index (χ0) is 14.3. The Bertz CT molecular complexity index is 660. The summed E-state index contributed by atoms with van der Waals surface area (Å²) in [4.78, 5) is 0. The molecule has 0 amide bonds. The van der Waals surface area contributed by atoms with Crippen molar-refractivity contribution >= 4 is 31.9 Å². The fourth-order valence-corrected chi connectivity index (χ4v) is 3.04. The van der Waals surface area contributed by atoms with Gasteiger partial charge in [0.25, 0.3) is 0 Å². The quantitative estimate of drug-likeness (QED) is 0.735. The first-order chi connectivity index (χ1) is 9.54. The summed E-state index contributed by atoms with van der Waals surface area (Å²) >= 11 is 6.60. The molecule has 1 heterocycles. The molecule has 1 N–H and O–H groups in total. The van der Waals surface area contributed by atoms with Crippen LogP contribution in [0, 0.1) is 5.82 Å². The van der Waals surface area contributed by atoms with Gasteiger partial charge in [0.2, 0.25) is 0 Å². The van der Waals surface area contributed by atoms with E-state index in [4.69, 9.17) is 4.74 Å². The molecule has 0 fully saturated rings. The van der Waals surface area contributed by atoms with Crippen molar-refractivity contribution in [1.82, 2.24) is 0 Å². The SMILES string of the molecule is O[C@H]1CC(c2ccc(Br)cc2F)Oc2cc(Br)ccc21. The van der Waals surface area contributed by atoms with Crippen molar-refractivity contribution in [2.24, 2.45) is 0 Å². The van der Waals surface area contributed by atoms with Crippen molar-refractivity contribution in [1.29, 1.82) is 0 Å². The normalized spacial score (nSPS) is 21.2. The minimum absolute atomic E-state index is 0.338. The number of rotatable bonds is 1. The second-order valence-electron chi connectivity index (χ2n) is 4.71. The molecule has 0 bridgehead atoms. The molecule has 20 heavy (non-hydrogen) atoms. The van der Waals surface area contributed by atoms with Crippen molar-refractivity contribution in [2.45, 2.75) is 18.6 Å². The summed E-state index contributed by atoms with van der Waals surface area (Å²) in [6.45, 7) is 0. The molecular weight excluding hydrogens is 391 g/mol. The molecule has 1 aliphatic heterocycles. The van der Waals surface area contributed by atoms with E-state index in [0.29, 0.717) is 22.2 Å². The van der Waals surface area contributed by atoms with Gasteiger partial charge in [-0.05, 0) is 24.3 Å². The van der Waals surface area contributed by atoms with Crippen LogP contribution in [-0.2, 0) is 0 Å². The Kier molecular flexibility index (Phi) is 3.84. The van der Waals surface area contributed by atoms with Crippen molar-refractivity contribution in [3.05, 3.63) is 62.3 Å². The first-order valence-electron chi connectivity index (χ1n) is 6.13. The number of halogens is 3. The number of fused-ring (bicyclic) bond motifs is 1. The van der Waals surface area contributed by atoms with E-state index in [1.54, 1.807) is 18.2 Å². The summed E-state index contributed by atoms with van der Waals surface area (Å²) < 4.78 is 21.4. The Hall–Kier alpha value is -0.910. The molecule has 0 radical (unpaired) electrons. The Labute approximate surface area is 132 Å². The zero-order valence-corrected chi connectivity index (χ0v) is 13.5. The van der Waals surface area contributed by atoms with Crippen molar-refractivity contribution in [3.8, 4) is 5.75 Å². The highest BCUT2D eigenvalue weighted by atomic mass is 79.9. The molecule has 0 spiro atoms. The van der Waals surface area contributed by atoms with E-state index >= 15 is 0 Å². The van der Waals surface area contributed by atoms with Gasteiger partial charge in [-0.1, -0.05) is 44.0 Å². The molecule has 2 aromatic carbocycles. The fraction of sp³-hybridized carbons (Fsp3) is 0.200. The largest absolute Gasteiger partial charge is 0.485 e. The van der Waals surface area contributed by atoms with Crippen LogP contribution in [0.5, 0.6) is 5.75 Å². The molecule has 1 unspecified atom stereocenters. The third-order valence-corrected chi connectivity index (χ3v) is 4.34. The standard InChI is InChI=1S/C15H11Br2FO2/c16-8-1-3-10(12(18)5-8)15-7-13(19)11-4-2-9(17)6-14(11)20-15/h1-6,13,15,19H,7H2/t13-,15?/m0/s1. The van der Waals surface area contributed by atoms with Crippen LogP contribution < -0.4 is 4.74 Å². The van der Waals surface area contributed by atoms with Gasteiger partial charge in [-0.25, -0.2) is 4.39 Å². The van der Waals surface area contributed by atoms with Crippen LogP contribution in [-0.4, -0.2) is 5.11 Å². The summed E-state index contributed by atoms with van der Waals surface area (Å²) in [7, 11) is 0. The third kappa shape index (κ3) is 2.62. The molecule has 2 aromatic rings. The summed E-state index contributed by atoms with van der Waals surface area (Å²) in [6, 6.07) is 10.3. The lowest BCUT2D eigenvalue weighted by Gasteiger charge is -2.30. The maximum Gasteiger partial charge on any atom is 0.131 e. The lowest BCUT2D eigenvalue weighted by atomic mass is 9.95. The Morgan fingerprint density at radius 2 is 1.70 bits per heavy atom. The maximum atomic E-state index is 14.0. The second kappa shape index (κ2) is 5.47. The van der Waals surface area contributed by atoms with Gasteiger partial charge < -0.3 is 9.84 Å². The van der Waals surface area contributed by atoms with Crippen LogP contribution in [0.3, 0.4) is 0 Å². The molecular formula is C15H11Br2FO2. The molecule has 0 saturated heterocycles. The summed E-state index contributed by atoms with van der Waals surface area (Å²) in [5.41, 5.74) is 1.19. The van der Waals surface area contributed by atoms with E-state index in [0.717, 1.165) is 10.0 Å². The van der Waals surface area contributed by atoms with E-state index in [2.05, 4.69) is 31.9 Å². The van der Waals surface area contributed by atoms with Gasteiger partial charge in [0, 0.05) is 26.5 Å². The highest BCUT2D eigenvalue weighted by Gasteiger charge is 2.29. The third-order valence-electron chi connectivity index (χ3n) is 3.35. The monoisotopic (exact) mass is 400 g/mol. The minimum atomic E-state index is -0.653. The summed E-state index contributed by atoms with van der Waals surface area (Å²) in [5.74, 6) is 0.250. The van der Waals surface area contributed by atoms with Gasteiger partial charge in [-0.3, -0.25) is 0 Å². The van der Waals surface area contributed by atoms with Crippen molar-refractivity contribution < 1.29 is 14.2 Å². The van der Waals surface area contributed by atoms with E-state index < -0.39 is 12.2 Å². The molecule has 1 aliphatic rings. The van der Waals surface area contributed by atoms with Crippen molar-refractivity contribution in [2.75, 3.05) is 0 Å². The minimum Gasteiger partial charge on any atom is -0.485 e. The van der Waals surface area contributed by atoms with Gasteiger partial charge in [0.15, 0.2) is 0 Å². The van der Waals surface area contributed by atoms with Crippen LogP contribution in [0.15, 0.2) is 45.3 Å². The first-order valence-corrected chi connectivity index (χ1v) is 7.72. The average Bonchev–Trinajstić information content (AvgIpc) is 2.37. The summed E-state index contributed by atoms with van der Waals surface area (Å²) in [5, 5.41) is 10.2. The van der Waals surface area contributed by atoms with Crippen LogP contribution in [0.4, 0.5) is 4.39 Å². The van der Waals surface area contributed by atoms with Crippen LogP contribution in [0.1, 0.15) is 29.8 Å². The number of aliphatic hydroxyl groups is 1. The lowest BCUT2D eigenvalue weighted by molar-refractivity contribution is 0.0639. The van der Waals surface area contributed by atoms with Gasteiger partial charge in [0.1, 0.15) is 17.7 Å². The molecule has 0 aromatic heterocycles. The predicted octanol–water partition coefficient (Wildman–Crippen LogP) is 4.91. The van der Waals surface area contributed by atoms with E-state index in [-0.39, 0.29) is 5.82 Å². The lowest BCUT2D eigenvalue weighted by Crippen LogP contribution is -2.20.